The third-order valence-corrected chi connectivity index (χ3v) is 6.86. The number of nitrogens with zero attached hydrogens (tertiary/aromatic N) is 3. The fraction of sp³-hybridized carbons (Fsp3) is 0.367. The molecule has 1 aliphatic rings. The number of pyridine rings is 1. The van der Waals surface area contributed by atoms with Gasteiger partial charge in [-0.3, -0.25) is 14.7 Å². The maximum absolute atomic E-state index is 13.8. The first-order chi connectivity index (χ1) is 20.4. The zero-order valence-corrected chi connectivity index (χ0v) is 24.2. The Morgan fingerprint density at radius 1 is 1.26 bits per heavy atom. The van der Waals surface area contributed by atoms with Gasteiger partial charge in [0.15, 0.2) is 0 Å². The van der Waals surface area contributed by atoms with Crippen LogP contribution in [0.4, 0.5) is 21.5 Å². The normalized spacial score (nSPS) is 14.9. The summed E-state index contributed by atoms with van der Waals surface area (Å²) in [6.45, 7) is 4.07. The van der Waals surface area contributed by atoms with E-state index in [2.05, 4.69) is 26.6 Å². The second-order valence-electron chi connectivity index (χ2n) is 9.56. The van der Waals surface area contributed by atoms with Gasteiger partial charge in [0.05, 0.1) is 53.9 Å². The van der Waals surface area contributed by atoms with Gasteiger partial charge in [0.1, 0.15) is 23.7 Å². The van der Waals surface area contributed by atoms with Gasteiger partial charge >= 0.3 is 0 Å². The molecule has 10 nitrogen and oxygen atoms in total. The lowest BCUT2D eigenvalue weighted by molar-refractivity contribution is -0.111. The van der Waals surface area contributed by atoms with E-state index in [1.807, 2.05) is 0 Å². The molecule has 42 heavy (non-hydrogen) atoms. The van der Waals surface area contributed by atoms with Crippen LogP contribution in [0.5, 0.6) is 5.75 Å². The smallest absolute Gasteiger partial charge is 0.248 e. The lowest BCUT2D eigenvalue weighted by Gasteiger charge is -2.20. The third-order valence-electron chi connectivity index (χ3n) is 6.57. The number of anilines is 3. The molecule has 12 heteroatoms. The molecule has 2 N–H and O–H groups in total. The van der Waals surface area contributed by atoms with Gasteiger partial charge in [-0.1, -0.05) is 17.7 Å². The van der Waals surface area contributed by atoms with E-state index < -0.39 is 5.82 Å². The maximum atomic E-state index is 13.8. The van der Waals surface area contributed by atoms with E-state index in [9.17, 15) is 14.4 Å². The summed E-state index contributed by atoms with van der Waals surface area (Å²) >= 11 is 5.98. The van der Waals surface area contributed by atoms with Gasteiger partial charge in [-0.05, 0) is 24.3 Å². The van der Waals surface area contributed by atoms with Crippen molar-refractivity contribution >= 4 is 45.5 Å². The van der Waals surface area contributed by atoms with E-state index in [1.54, 1.807) is 32.4 Å². The lowest BCUT2D eigenvalue weighted by Crippen LogP contribution is -2.31. The van der Waals surface area contributed by atoms with Crippen LogP contribution in [0, 0.1) is 17.1 Å². The summed E-state index contributed by atoms with van der Waals surface area (Å²) in [5, 5.41) is 16.4. The number of hydrogen-bond donors (Lipinski definition) is 2. The highest BCUT2D eigenvalue weighted by molar-refractivity contribution is 6.31. The van der Waals surface area contributed by atoms with Crippen molar-refractivity contribution in [1.82, 2.24) is 9.88 Å². The van der Waals surface area contributed by atoms with Crippen molar-refractivity contribution in [3.63, 3.8) is 0 Å². The van der Waals surface area contributed by atoms with Crippen LogP contribution in [-0.4, -0.2) is 82.2 Å². The summed E-state index contributed by atoms with van der Waals surface area (Å²) in [6, 6.07) is 9.74. The number of amides is 1. The molecule has 0 radical (unpaired) electrons. The standard InChI is InChI=1S/C30H33ClFN5O5/c1-39-12-9-37(10-13-40-2)8-3-4-29(38)36-27-15-23-26(16-28(27)42-22-7-11-41-19-22)34-18-20(17-33)30(23)35-21-5-6-25(32)24(31)14-21/h3-6,14-16,18,22H,7-13,19H2,1-2H3,(H,34,35)(H,36,38). The molecule has 2 aromatic carbocycles. The summed E-state index contributed by atoms with van der Waals surface area (Å²) in [6.07, 6.45) is 5.21. The SMILES string of the molecule is COCCN(CC=CC(=O)Nc1cc2c(Nc3ccc(F)c(Cl)c3)c(C#N)cnc2cc1OC1CCOC1)CCOC. The predicted molar refractivity (Wildman–Crippen MR) is 159 cm³/mol. The molecule has 0 saturated carbocycles. The van der Waals surface area contributed by atoms with E-state index in [0.29, 0.717) is 86.2 Å². The van der Waals surface area contributed by atoms with Gasteiger partial charge in [-0.15, -0.1) is 0 Å². The molecular formula is C30H33ClFN5O5. The first kappa shape index (κ1) is 31.2. The Bertz CT molecular complexity index is 1450. The third kappa shape index (κ3) is 8.38. The van der Waals surface area contributed by atoms with Gasteiger partial charge in [-0.2, -0.15) is 5.26 Å². The zero-order chi connectivity index (χ0) is 29.9. The van der Waals surface area contributed by atoms with E-state index in [4.69, 9.17) is 30.5 Å². The number of methoxy groups -OCH3 is 2. The number of nitriles is 1. The van der Waals surface area contributed by atoms with Crippen LogP contribution in [0.2, 0.25) is 5.02 Å². The summed E-state index contributed by atoms with van der Waals surface area (Å²) in [4.78, 5) is 19.6. The molecule has 3 aromatic rings. The van der Waals surface area contributed by atoms with Crippen molar-refractivity contribution in [2.45, 2.75) is 12.5 Å². The molecule has 1 aliphatic heterocycles. The Morgan fingerprint density at radius 3 is 2.71 bits per heavy atom. The van der Waals surface area contributed by atoms with Crippen molar-refractivity contribution in [2.75, 3.05) is 70.9 Å². The van der Waals surface area contributed by atoms with E-state index in [1.165, 1.54) is 30.5 Å². The Kier molecular flexibility index (Phi) is 11.5. The number of carbonyl (C=O) groups is 1. The number of nitrogens with one attached hydrogen (secondary N) is 2. The van der Waals surface area contributed by atoms with Crippen molar-refractivity contribution in [3.05, 3.63) is 65.1 Å². The molecule has 1 unspecified atom stereocenters. The molecule has 222 valence electrons. The van der Waals surface area contributed by atoms with Gasteiger partial charge < -0.3 is 29.6 Å². The molecule has 0 bridgehead atoms. The van der Waals surface area contributed by atoms with Gasteiger partial charge in [0.2, 0.25) is 5.91 Å². The fourth-order valence-electron chi connectivity index (χ4n) is 4.36. The van der Waals surface area contributed by atoms with Crippen molar-refractivity contribution < 1.29 is 28.1 Å². The Balaban J connectivity index is 1.64. The number of benzene rings is 2. The number of carbonyl (C=O) groups excluding carboxylic acids is 1. The number of fused-ring (bicyclic) bond motifs is 1. The summed E-state index contributed by atoms with van der Waals surface area (Å²) < 4.78 is 35.8. The van der Waals surface area contributed by atoms with Crippen molar-refractivity contribution in [3.8, 4) is 11.8 Å². The molecule has 2 heterocycles. The minimum absolute atomic E-state index is 0.0610. The number of hydrogen-bond acceptors (Lipinski definition) is 9. The van der Waals surface area contributed by atoms with Crippen LogP contribution in [0.25, 0.3) is 10.9 Å². The molecule has 4 rings (SSSR count). The quantitative estimate of drug-likeness (QED) is 0.250. The highest BCUT2D eigenvalue weighted by Crippen LogP contribution is 2.37. The number of ether oxygens (including phenoxy) is 4. The summed E-state index contributed by atoms with van der Waals surface area (Å²) in [5.41, 5.74) is 2.09. The number of aromatic nitrogens is 1. The Morgan fingerprint density at radius 2 is 2.05 bits per heavy atom. The van der Waals surface area contributed by atoms with Crippen LogP contribution in [0.3, 0.4) is 0 Å². The lowest BCUT2D eigenvalue weighted by atomic mass is 10.1. The Labute approximate surface area is 249 Å². The first-order valence-electron chi connectivity index (χ1n) is 13.4. The van der Waals surface area contributed by atoms with Crippen LogP contribution >= 0.6 is 11.6 Å². The summed E-state index contributed by atoms with van der Waals surface area (Å²) in [5.74, 6) is -0.488. The highest BCUT2D eigenvalue weighted by Gasteiger charge is 2.21. The topological polar surface area (TPSA) is 118 Å². The second kappa shape index (κ2) is 15.4. The van der Waals surface area contributed by atoms with Crippen LogP contribution in [0.1, 0.15) is 12.0 Å². The molecule has 1 fully saturated rings. The van der Waals surface area contributed by atoms with E-state index in [-0.39, 0.29) is 22.6 Å². The fourth-order valence-corrected chi connectivity index (χ4v) is 4.54. The predicted octanol–water partition coefficient (Wildman–Crippen LogP) is 4.90. The van der Waals surface area contributed by atoms with Crippen molar-refractivity contribution in [2.24, 2.45) is 0 Å². The van der Waals surface area contributed by atoms with E-state index in [0.717, 1.165) is 0 Å². The van der Waals surface area contributed by atoms with E-state index >= 15 is 0 Å². The minimum atomic E-state index is -0.557. The average Bonchev–Trinajstić information content (AvgIpc) is 3.50. The van der Waals surface area contributed by atoms with Gasteiger partial charge in [0, 0.05) is 69.7 Å². The molecule has 1 atom stereocenters. The minimum Gasteiger partial charge on any atom is -0.486 e. The number of halogens is 2. The van der Waals surface area contributed by atoms with Gasteiger partial charge in [0.25, 0.3) is 0 Å². The maximum Gasteiger partial charge on any atom is 0.248 e. The monoisotopic (exact) mass is 597 g/mol. The second-order valence-corrected chi connectivity index (χ2v) is 9.97. The zero-order valence-electron chi connectivity index (χ0n) is 23.5. The first-order valence-corrected chi connectivity index (χ1v) is 13.8. The Hall–Kier alpha value is -3.79. The molecular weight excluding hydrogens is 565 g/mol. The highest BCUT2D eigenvalue weighted by atomic mass is 35.5. The van der Waals surface area contributed by atoms with Crippen LogP contribution < -0.4 is 15.4 Å². The largest absolute Gasteiger partial charge is 0.486 e. The molecule has 1 aromatic heterocycles. The molecule has 0 aliphatic carbocycles. The average molecular weight is 598 g/mol. The summed E-state index contributed by atoms with van der Waals surface area (Å²) in [7, 11) is 3.28. The van der Waals surface area contributed by atoms with Gasteiger partial charge in [-0.25, -0.2) is 4.39 Å². The molecule has 0 spiro atoms. The van der Waals surface area contributed by atoms with Crippen LogP contribution in [0.15, 0.2) is 48.7 Å². The van der Waals surface area contributed by atoms with Crippen molar-refractivity contribution in [1.29, 1.82) is 5.26 Å². The molecule has 1 amide bonds. The van der Waals surface area contributed by atoms with Crippen LogP contribution in [-0.2, 0) is 19.0 Å². The number of rotatable bonds is 14. The molecule has 1 saturated heterocycles.